The van der Waals surface area contributed by atoms with E-state index in [-0.39, 0.29) is 5.56 Å². The Bertz CT molecular complexity index is 1420. The van der Waals surface area contributed by atoms with E-state index in [1.807, 2.05) is 0 Å². The zero-order valence-electron chi connectivity index (χ0n) is 19.8. The first kappa shape index (κ1) is 28.1. The summed E-state index contributed by atoms with van der Waals surface area (Å²) in [5, 5.41) is 5.11. The van der Waals surface area contributed by atoms with E-state index in [1.54, 1.807) is 29.6 Å². The number of rotatable bonds is 6. The van der Waals surface area contributed by atoms with Crippen LogP contribution in [0.15, 0.2) is 66.7 Å². The first-order valence-electron chi connectivity index (χ1n) is 11.6. The number of fused-ring (bicyclic) bond motifs is 1. The van der Waals surface area contributed by atoms with E-state index < -0.39 is 66.1 Å². The maximum atomic E-state index is 13.6. The zero-order valence-corrected chi connectivity index (χ0v) is 19.8. The second kappa shape index (κ2) is 10.3. The monoisotopic (exact) mass is 556 g/mol. The van der Waals surface area contributed by atoms with Gasteiger partial charge in [0.05, 0.1) is 5.56 Å². The van der Waals surface area contributed by atoms with Gasteiger partial charge in [0.2, 0.25) is 5.91 Å². The molecule has 0 bridgehead atoms. The van der Waals surface area contributed by atoms with Crippen LogP contribution in [0, 0.1) is 0 Å². The van der Waals surface area contributed by atoms with Crippen molar-refractivity contribution < 1.29 is 44.7 Å². The lowest BCUT2D eigenvalue weighted by Gasteiger charge is -2.35. The number of carbonyl (C=O) groups is 2. The third-order valence-electron chi connectivity index (χ3n) is 6.20. The number of carbonyl (C=O) groups excluding carboxylic acids is 2. The molecule has 2 amide bonds. The molecule has 1 fully saturated rings. The van der Waals surface area contributed by atoms with E-state index in [9.17, 15) is 44.7 Å². The van der Waals surface area contributed by atoms with Gasteiger partial charge in [-0.25, -0.2) is 8.78 Å². The summed E-state index contributed by atoms with van der Waals surface area (Å²) in [6.07, 6.45) is -8.89. The van der Waals surface area contributed by atoms with Crippen molar-refractivity contribution in [2.75, 3.05) is 0 Å². The summed E-state index contributed by atoms with van der Waals surface area (Å²) >= 11 is 0. The molecular formula is C27H20F8N2O2. The number of benzene rings is 3. The largest absolute Gasteiger partial charge is 0.416 e. The van der Waals surface area contributed by atoms with E-state index in [0.29, 0.717) is 28.5 Å². The van der Waals surface area contributed by atoms with Crippen LogP contribution in [-0.4, -0.2) is 30.0 Å². The van der Waals surface area contributed by atoms with Gasteiger partial charge < -0.3 is 10.6 Å². The first-order valence-corrected chi connectivity index (χ1v) is 11.6. The minimum Gasteiger partial charge on any atom is -0.349 e. The maximum Gasteiger partial charge on any atom is 0.416 e. The summed E-state index contributed by atoms with van der Waals surface area (Å²) < 4.78 is 106. The van der Waals surface area contributed by atoms with Crippen molar-refractivity contribution in [1.82, 2.24) is 10.6 Å². The van der Waals surface area contributed by atoms with Crippen LogP contribution in [0.3, 0.4) is 0 Å². The number of hydrogen-bond donors (Lipinski definition) is 2. The van der Waals surface area contributed by atoms with Crippen molar-refractivity contribution in [3.63, 3.8) is 0 Å². The fourth-order valence-corrected chi connectivity index (χ4v) is 4.30. The lowest BCUT2D eigenvalue weighted by molar-refractivity contribution is -0.162. The lowest BCUT2D eigenvalue weighted by Crippen LogP contribution is -2.50. The third kappa shape index (κ3) is 6.55. The molecule has 1 atom stereocenters. The van der Waals surface area contributed by atoms with Gasteiger partial charge in [-0.15, -0.1) is 0 Å². The Hall–Kier alpha value is -3.96. The topological polar surface area (TPSA) is 58.2 Å². The molecule has 0 radical (unpaired) electrons. The Kier molecular flexibility index (Phi) is 7.42. The molecule has 0 spiro atoms. The Morgan fingerprint density at radius 1 is 0.897 bits per heavy atom. The average Bonchev–Trinajstić information content (AvgIpc) is 2.83. The highest BCUT2D eigenvalue weighted by Gasteiger charge is 2.46. The van der Waals surface area contributed by atoms with Crippen molar-refractivity contribution in [2.45, 2.75) is 43.2 Å². The summed E-state index contributed by atoms with van der Waals surface area (Å²) in [7, 11) is 0. The van der Waals surface area contributed by atoms with Crippen LogP contribution < -0.4 is 10.6 Å². The highest BCUT2D eigenvalue weighted by atomic mass is 19.4. The van der Waals surface area contributed by atoms with Crippen molar-refractivity contribution in [3.8, 4) is 0 Å². The zero-order chi connectivity index (χ0) is 28.6. The van der Waals surface area contributed by atoms with Crippen LogP contribution in [0.25, 0.3) is 16.8 Å². The molecule has 1 aliphatic carbocycles. The van der Waals surface area contributed by atoms with Crippen molar-refractivity contribution in [3.05, 3.63) is 89.0 Å². The highest BCUT2D eigenvalue weighted by Crippen LogP contribution is 2.38. The summed E-state index contributed by atoms with van der Waals surface area (Å²) in [6, 6.07) is 8.50. The molecule has 4 nitrogen and oxygen atoms in total. The minimum atomic E-state index is -5.08. The quantitative estimate of drug-likeness (QED) is 0.259. The van der Waals surface area contributed by atoms with Gasteiger partial charge in [-0.2, -0.15) is 26.3 Å². The normalized spacial score (nSPS) is 16.6. The standard InChI is InChI=1S/C27H20F8N2O2/c28-25(29)13-18(14-25)36-24(39)21-10-8-15(19-6-1-2-7-20(19)21)9-11-22(38)37-23(27(33,34)35)16-4-3-5-17(12-16)26(30,31)32/h1-12,18,23H,13-14H2,(H,36,39)(H,37,38)/b11-9+. The van der Waals surface area contributed by atoms with Crippen molar-refractivity contribution in [1.29, 1.82) is 0 Å². The molecule has 2 N–H and O–H groups in total. The smallest absolute Gasteiger partial charge is 0.349 e. The van der Waals surface area contributed by atoms with E-state index in [2.05, 4.69) is 5.32 Å². The van der Waals surface area contributed by atoms with Crippen LogP contribution in [0.5, 0.6) is 0 Å². The first-order chi connectivity index (χ1) is 18.1. The minimum absolute atomic E-state index is 0.184. The number of amides is 2. The molecule has 0 heterocycles. The second-order valence-corrected chi connectivity index (χ2v) is 9.12. The van der Waals surface area contributed by atoms with E-state index >= 15 is 0 Å². The molecule has 12 heteroatoms. The van der Waals surface area contributed by atoms with Crippen LogP contribution in [0.1, 0.15) is 45.9 Å². The molecule has 3 aromatic carbocycles. The van der Waals surface area contributed by atoms with E-state index in [0.717, 1.165) is 18.2 Å². The van der Waals surface area contributed by atoms with Gasteiger partial charge in [-0.3, -0.25) is 9.59 Å². The van der Waals surface area contributed by atoms with Crippen LogP contribution >= 0.6 is 0 Å². The molecule has 0 aliphatic heterocycles. The highest BCUT2D eigenvalue weighted by molar-refractivity contribution is 6.09. The number of alkyl halides is 8. The number of nitrogens with one attached hydrogen (secondary N) is 2. The van der Waals surface area contributed by atoms with Gasteiger partial charge in [0.15, 0.2) is 6.04 Å². The van der Waals surface area contributed by atoms with Crippen LogP contribution in [-0.2, 0) is 11.0 Å². The molecule has 0 aromatic heterocycles. The summed E-state index contributed by atoms with van der Waals surface area (Å²) in [5.74, 6) is -4.61. The SMILES string of the molecule is O=C(/C=C/c1ccc(C(=O)NC2CC(F)(F)C2)c2ccccc12)NC(c1cccc(C(F)(F)F)c1)C(F)(F)F. The Morgan fingerprint density at radius 3 is 2.18 bits per heavy atom. The summed E-state index contributed by atoms with van der Waals surface area (Å²) in [4.78, 5) is 25.1. The van der Waals surface area contributed by atoms with Gasteiger partial charge in [0, 0.05) is 30.5 Å². The van der Waals surface area contributed by atoms with Gasteiger partial charge in [-0.1, -0.05) is 42.5 Å². The molecule has 1 saturated carbocycles. The summed E-state index contributed by atoms with van der Waals surface area (Å²) in [6.45, 7) is 0. The van der Waals surface area contributed by atoms with E-state index in [4.69, 9.17) is 0 Å². The Balaban J connectivity index is 1.55. The van der Waals surface area contributed by atoms with Gasteiger partial charge in [-0.05, 0) is 46.2 Å². The number of hydrogen-bond acceptors (Lipinski definition) is 2. The van der Waals surface area contributed by atoms with Gasteiger partial charge in [0.25, 0.3) is 11.8 Å². The Morgan fingerprint density at radius 2 is 1.56 bits per heavy atom. The fraction of sp³-hybridized carbons (Fsp3) is 0.259. The van der Waals surface area contributed by atoms with Crippen LogP contribution in [0.4, 0.5) is 35.1 Å². The van der Waals surface area contributed by atoms with Crippen LogP contribution in [0.2, 0.25) is 0 Å². The predicted octanol–water partition coefficient (Wildman–Crippen LogP) is 6.82. The Labute approximate surface area is 216 Å². The molecular weight excluding hydrogens is 536 g/mol. The average molecular weight is 556 g/mol. The van der Waals surface area contributed by atoms with Crippen molar-refractivity contribution >= 4 is 28.7 Å². The van der Waals surface area contributed by atoms with E-state index in [1.165, 1.54) is 18.2 Å². The summed E-state index contributed by atoms with van der Waals surface area (Å²) in [5.41, 5.74) is -1.54. The molecule has 0 saturated heterocycles. The second-order valence-electron chi connectivity index (χ2n) is 9.12. The maximum absolute atomic E-state index is 13.6. The predicted molar refractivity (Wildman–Crippen MR) is 127 cm³/mol. The number of halogens is 8. The molecule has 4 rings (SSSR count). The fourth-order valence-electron chi connectivity index (χ4n) is 4.30. The molecule has 1 unspecified atom stereocenters. The van der Waals surface area contributed by atoms with Gasteiger partial charge in [0.1, 0.15) is 0 Å². The molecule has 1 aliphatic rings. The van der Waals surface area contributed by atoms with Gasteiger partial charge >= 0.3 is 12.4 Å². The molecule has 39 heavy (non-hydrogen) atoms. The lowest BCUT2D eigenvalue weighted by atomic mass is 9.88. The third-order valence-corrected chi connectivity index (χ3v) is 6.20. The molecule has 3 aromatic rings. The molecule has 206 valence electrons. The van der Waals surface area contributed by atoms with Crippen molar-refractivity contribution in [2.24, 2.45) is 0 Å².